The molecule has 0 amide bonds. The summed E-state index contributed by atoms with van der Waals surface area (Å²) in [7, 11) is 0. The summed E-state index contributed by atoms with van der Waals surface area (Å²) in [5.74, 6) is 2.27. The molecule has 0 spiro atoms. The second kappa shape index (κ2) is 8.37. The molecule has 2 aromatic heterocycles. The van der Waals surface area contributed by atoms with Crippen LogP contribution < -0.4 is 10.9 Å². The van der Waals surface area contributed by atoms with Gasteiger partial charge in [0, 0.05) is 19.2 Å². The molecule has 0 bridgehead atoms. The minimum Gasteiger partial charge on any atom is -0.351 e. The van der Waals surface area contributed by atoms with Crippen LogP contribution in [0, 0.1) is 5.92 Å². The van der Waals surface area contributed by atoms with Crippen molar-refractivity contribution in [3.63, 3.8) is 0 Å². The largest absolute Gasteiger partial charge is 0.351 e. The van der Waals surface area contributed by atoms with E-state index >= 15 is 0 Å². The minimum atomic E-state index is -0.128. The Balaban J connectivity index is 1.44. The molecule has 1 aliphatic heterocycles. The number of H-pyrrole nitrogens is 1. The zero-order valence-corrected chi connectivity index (χ0v) is 17.5. The summed E-state index contributed by atoms with van der Waals surface area (Å²) in [5, 5.41) is 6.26. The van der Waals surface area contributed by atoms with Gasteiger partial charge in [-0.1, -0.05) is 45.0 Å². The number of hydrogen-bond donors (Lipinski definition) is 2. The molecular weight excluding hydrogens is 364 g/mol. The van der Waals surface area contributed by atoms with Crippen LogP contribution in [0.4, 0.5) is 5.95 Å². The summed E-state index contributed by atoms with van der Waals surface area (Å²) in [4.78, 5) is 23.9. The Bertz CT molecular complexity index is 1010. The van der Waals surface area contributed by atoms with Crippen LogP contribution in [0.5, 0.6) is 0 Å². The number of nitrogens with zero attached hydrogens (tertiary/aromatic N) is 4. The highest BCUT2D eigenvalue weighted by molar-refractivity contribution is 5.38. The predicted molar refractivity (Wildman–Crippen MR) is 115 cm³/mol. The van der Waals surface area contributed by atoms with Gasteiger partial charge in [-0.05, 0) is 48.9 Å². The smallest absolute Gasteiger partial charge is 0.274 e. The molecule has 1 saturated heterocycles. The fraction of sp³-hybridized carbons (Fsp3) is 0.500. The molecule has 154 valence electrons. The number of hydrogen-bond acceptors (Lipinski definition) is 5. The van der Waals surface area contributed by atoms with Crippen molar-refractivity contribution in [3.8, 4) is 0 Å². The lowest BCUT2D eigenvalue weighted by Gasteiger charge is -2.29. The van der Waals surface area contributed by atoms with Gasteiger partial charge in [-0.2, -0.15) is 9.50 Å². The molecule has 0 atom stereocenters. The summed E-state index contributed by atoms with van der Waals surface area (Å²) in [5.41, 5.74) is 3.14. The highest BCUT2D eigenvalue weighted by Crippen LogP contribution is 2.18. The van der Waals surface area contributed by atoms with Crippen molar-refractivity contribution in [2.24, 2.45) is 5.92 Å². The molecule has 7 nitrogen and oxygen atoms in total. The first-order valence-corrected chi connectivity index (χ1v) is 10.5. The van der Waals surface area contributed by atoms with Gasteiger partial charge in [0.15, 0.2) is 0 Å². The van der Waals surface area contributed by atoms with Crippen molar-refractivity contribution in [1.82, 2.24) is 24.5 Å². The average molecular weight is 395 g/mol. The Hall–Kier alpha value is -2.67. The molecule has 3 heterocycles. The lowest BCUT2D eigenvalue weighted by molar-refractivity contribution is 0.183. The normalized spacial score (nSPS) is 16.0. The molecule has 3 aromatic rings. The Morgan fingerprint density at radius 1 is 1.17 bits per heavy atom. The van der Waals surface area contributed by atoms with E-state index in [1.165, 1.54) is 22.9 Å². The summed E-state index contributed by atoms with van der Waals surface area (Å²) in [6.45, 7) is 10.1. The number of piperidine rings is 1. The number of benzene rings is 1. The van der Waals surface area contributed by atoms with Gasteiger partial charge < -0.3 is 5.32 Å². The molecule has 0 radical (unpaired) electrons. The number of aromatic nitrogens is 4. The zero-order valence-electron chi connectivity index (χ0n) is 17.5. The zero-order chi connectivity index (χ0) is 20.4. The van der Waals surface area contributed by atoms with E-state index in [9.17, 15) is 4.79 Å². The van der Waals surface area contributed by atoms with Crippen molar-refractivity contribution in [3.05, 3.63) is 57.5 Å². The average Bonchev–Trinajstić information content (AvgIpc) is 3.12. The van der Waals surface area contributed by atoms with Gasteiger partial charge in [-0.25, -0.2) is 4.98 Å². The van der Waals surface area contributed by atoms with Gasteiger partial charge in [0.05, 0.1) is 5.69 Å². The summed E-state index contributed by atoms with van der Waals surface area (Å²) < 4.78 is 1.39. The Morgan fingerprint density at radius 3 is 2.59 bits per heavy atom. The lowest BCUT2D eigenvalue weighted by Crippen LogP contribution is -2.33. The van der Waals surface area contributed by atoms with Crippen molar-refractivity contribution >= 4 is 11.7 Å². The van der Waals surface area contributed by atoms with Crippen LogP contribution in [0.2, 0.25) is 0 Å². The fourth-order valence-electron chi connectivity index (χ4n) is 3.74. The quantitative estimate of drug-likeness (QED) is 0.670. The van der Waals surface area contributed by atoms with E-state index in [4.69, 9.17) is 0 Å². The summed E-state index contributed by atoms with van der Waals surface area (Å²) >= 11 is 0. The standard InChI is InChI=1S/C22H30N6O/c1-15(2)18-6-4-17(5-7-18)13-23-21-25-22-24-19(12-20(29)28(22)26-21)14-27-10-8-16(3)9-11-27/h4-7,12,15-16H,8-11,13-14H2,1-3H3,(H2,23,24,25,26). The lowest BCUT2D eigenvalue weighted by atomic mass is 9.99. The highest BCUT2D eigenvalue weighted by atomic mass is 16.1. The molecule has 0 unspecified atom stereocenters. The second-order valence-corrected chi connectivity index (χ2v) is 8.50. The van der Waals surface area contributed by atoms with Crippen LogP contribution in [0.3, 0.4) is 0 Å². The highest BCUT2D eigenvalue weighted by Gasteiger charge is 2.17. The van der Waals surface area contributed by atoms with Crippen molar-refractivity contribution in [2.45, 2.75) is 52.6 Å². The van der Waals surface area contributed by atoms with E-state index in [0.717, 1.165) is 30.3 Å². The molecule has 4 rings (SSSR count). The third-order valence-corrected chi connectivity index (χ3v) is 5.75. The van der Waals surface area contributed by atoms with Gasteiger partial charge in [0.2, 0.25) is 5.95 Å². The van der Waals surface area contributed by atoms with Crippen LogP contribution in [-0.4, -0.2) is 37.6 Å². The van der Waals surface area contributed by atoms with Crippen LogP contribution >= 0.6 is 0 Å². The van der Waals surface area contributed by atoms with Gasteiger partial charge in [-0.15, -0.1) is 0 Å². The fourth-order valence-corrected chi connectivity index (χ4v) is 3.74. The Labute approximate surface area is 171 Å². The third kappa shape index (κ3) is 4.67. The van der Waals surface area contributed by atoms with E-state index in [0.29, 0.717) is 30.7 Å². The van der Waals surface area contributed by atoms with Gasteiger partial charge in [-0.3, -0.25) is 14.8 Å². The molecule has 29 heavy (non-hydrogen) atoms. The van der Waals surface area contributed by atoms with E-state index < -0.39 is 0 Å². The van der Waals surface area contributed by atoms with E-state index in [-0.39, 0.29) is 5.56 Å². The van der Waals surface area contributed by atoms with E-state index in [1.807, 2.05) is 0 Å². The van der Waals surface area contributed by atoms with Crippen molar-refractivity contribution < 1.29 is 0 Å². The number of fused-ring (bicyclic) bond motifs is 1. The monoisotopic (exact) mass is 394 g/mol. The second-order valence-electron chi connectivity index (χ2n) is 8.50. The molecule has 7 heteroatoms. The van der Waals surface area contributed by atoms with Crippen LogP contribution in [0.15, 0.2) is 35.1 Å². The summed E-state index contributed by atoms with van der Waals surface area (Å²) in [6, 6.07) is 10.2. The maximum absolute atomic E-state index is 12.5. The molecule has 1 fully saturated rings. The van der Waals surface area contributed by atoms with E-state index in [2.05, 4.69) is 70.3 Å². The number of rotatable bonds is 6. The van der Waals surface area contributed by atoms with Crippen LogP contribution in [0.1, 0.15) is 56.4 Å². The molecule has 0 saturated carbocycles. The number of aromatic amines is 1. The SMILES string of the molecule is CC1CCN(Cc2cc(=O)n3[nH]c(NCc4ccc(C(C)C)cc4)nc3n2)CC1. The van der Waals surface area contributed by atoms with Gasteiger partial charge in [0.25, 0.3) is 11.3 Å². The minimum absolute atomic E-state index is 0.128. The van der Waals surface area contributed by atoms with Gasteiger partial charge in [0.1, 0.15) is 0 Å². The topological polar surface area (TPSA) is 78.3 Å². The maximum atomic E-state index is 12.5. The van der Waals surface area contributed by atoms with Crippen molar-refractivity contribution in [1.29, 1.82) is 0 Å². The Kier molecular flexibility index (Phi) is 5.67. The molecule has 2 N–H and O–H groups in total. The first-order chi connectivity index (χ1) is 14.0. The number of nitrogens with one attached hydrogen (secondary N) is 2. The van der Waals surface area contributed by atoms with E-state index in [1.54, 1.807) is 6.07 Å². The third-order valence-electron chi connectivity index (χ3n) is 5.75. The molecule has 1 aliphatic rings. The van der Waals surface area contributed by atoms with Gasteiger partial charge >= 0.3 is 0 Å². The number of anilines is 1. The number of likely N-dealkylation sites (tertiary alicyclic amines) is 1. The molecular formula is C22H30N6O. The Morgan fingerprint density at radius 2 is 1.90 bits per heavy atom. The molecule has 1 aromatic carbocycles. The molecule has 0 aliphatic carbocycles. The predicted octanol–water partition coefficient (Wildman–Crippen LogP) is 3.39. The van der Waals surface area contributed by atoms with Crippen LogP contribution in [-0.2, 0) is 13.1 Å². The maximum Gasteiger partial charge on any atom is 0.274 e. The van der Waals surface area contributed by atoms with Crippen molar-refractivity contribution in [2.75, 3.05) is 18.4 Å². The first-order valence-electron chi connectivity index (χ1n) is 10.5. The van der Waals surface area contributed by atoms with Crippen LogP contribution in [0.25, 0.3) is 5.78 Å². The summed E-state index contributed by atoms with van der Waals surface area (Å²) in [6.07, 6.45) is 2.41. The first kappa shape index (κ1) is 19.6.